The molecule has 0 spiro atoms. The van der Waals surface area contributed by atoms with Gasteiger partial charge in [0.15, 0.2) is 0 Å². The van der Waals surface area contributed by atoms with Gasteiger partial charge in [0.05, 0.1) is 11.1 Å². The largest absolute Gasteiger partial charge is 0.355 e. The molecule has 0 saturated carbocycles. The molecule has 0 radical (unpaired) electrons. The van der Waals surface area contributed by atoms with Crippen molar-refractivity contribution in [1.29, 1.82) is 0 Å². The number of allylic oxidation sites excluding steroid dienone is 4. The molecule has 0 bridgehead atoms. The van der Waals surface area contributed by atoms with Gasteiger partial charge in [-0.1, -0.05) is 74.2 Å². The number of thioether (sulfide) groups is 1. The minimum absolute atomic E-state index is 0.365. The highest BCUT2D eigenvalue weighted by Crippen LogP contribution is 2.43. The first kappa shape index (κ1) is 19.4. The van der Waals surface area contributed by atoms with Gasteiger partial charge in [0.25, 0.3) is 0 Å². The van der Waals surface area contributed by atoms with Gasteiger partial charge in [-0.3, -0.25) is 0 Å². The van der Waals surface area contributed by atoms with Crippen molar-refractivity contribution >= 4 is 28.7 Å². The number of hydrogen-bond donors (Lipinski definition) is 0. The topological polar surface area (TPSA) is 6.48 Å². The van der Waals surface area contributed by atoms with Crippen molar-refractivity contribution in [2.75, 3.05) is 23.4 Å². The molecular weight excluding hydrogens is 348 g/mol. The van der Waals surface area contributed by atoms with Crippen molar-refractivity contribution in [3.05, 3.63) is 84.6 Å². The molecule has 2 aliphatic heterocycles. The Labute approximate surface area is 167 Å². The third-order valence-electron chi connectivity index (χ3n) is 4.69. The van der Waals surface area contributed by atoms with Crippen LogP contribution in [0.1, 0.15) is 26.3 Å². The molecule has 140 valence electrons. The second kappa shape index (κ2) is 9.01. The van der Waals surface area contributed by atoms with Crippen LogP contribution in [-0.4, -0.2) is 19.0 Å². The zero-order valence-electron chi connectivity index (χ0n) is 16.6. The van der Waals surface area contributed by atoms with E-state index in [0.29, 0.717) is 5.37 Å². The highest BCUT2D eigenvalue weighted by molar-refractivity contribution is 8.00. The minimum Gasteiger partial charge on any atom is -0.355 e. The van der Waals surface area contributed by atoms with Crippen LogP contribution in [0.4, 0.5) is 11.4 Å². The summed E-state index contributed by atoms with van der Waals surface area (Å²) in [7, 11) is 2.09. The van der Waals surface area contributed by atoms with Crippen molar-refractivity contribution in [2.24, 2.45) is 0 Å². The molecule has 0 fully saturated rings. The number of nitrogens with zero attached hydrogens (tertiary/aromatic N) is 2. The Morgan fingerprint density at radius 1 is 1.00 bits per heavy atom. The first-order valence-electron chi connectivity index (χ1n) is 9.69. The van der Waals surface area contributed by atoms with Crippen molar-refractivity contribution in [2.45, 2.75) is 31.0 Å². The molecule has 2 heterocycles. The summed E-state index contributed by atoms with van der Waals surface area (Å²) >= 11 is 1.93. The maximum atomic E-state index is 2.45. The Hall–Kier alpha value is -2.39. The van der Waals surface area contributed by atoms with Crippen LogP contribution < -0.4 is 9.80 Å². The molecule has 27 heavy (non-hydrogen) atoms. The van der Waals surface area contributed by atoms with Crippen LogP contribution in [0.5, 0.6) is 0 Å². The fourth-order valence-corrected chi connectivity index (χ4v) is 4.69. The Morgan fingerprint density at radius 2 is 1.70 bits per heavy atom. The first-order valence-corrected chi connectivity index (χ1v) is 10.6. The fourth-order valence-electron chi connectivity index (χ4n) is 3.41. The van der Waals surface area contributed by atoms with E-state index in [9.17, 15) is 0 Å². The molecule has 3 heteroatoms. The molecule has 0 aromatic heterocycles. The van der Waals surface area contributed by atoms with Gasteiger partial charge >= 0.3 is 0 Å². The number of rotatable bonds is 3. The monoisotopic (exact) mass is 376 g/mol. The summed E-state index contributed by atoms with van der Waals surface area (Å²) in [6, 6.07) is 17.2. The van der Waals surface area contributed by atoms with Crippen molar-refractivity contribution < 1.29 is 0 Å². The molecule has 0 amide bonds. The average molecular weight is 377 g/mol. The molecule has 4 rings (SSSR count). The Bertz CT molecular complexity index is 866. The average Bonchev–Trinajstić information content (AvgIpc) is 3.09. The molecule has 0 saturated heterocycles. The summed E-state index contributed by atoms with van der Waals surface area (Å²) in [5.41, 5.74) is 5.14. The predicted molar refractivity (Wildman–Crippen MR) is 122 cm³/mol. The van der Waals surface area contributed by atoms with E-state index in [0.717, 1.165) is 6.54 Å². The standard InChI is InChI=1S/C22H22N2S.C2H6/c1-3-24-20-12-6-7-13-21(20)25-22(24)14-8-9-17-15-16-23(2)19-11-5-4-10-18(17)19;1-2/h4-16,22H,3H2,1-2H3;1-2H3/b14-8+,17-9+;. The lowest BCUT2D eigenvalue weighted by Gasteiger charge is -2.23. The lowest BCUT2D eigenvalue weighted by atomic mass is 10.00. The Morgan fingerprint density at radius 3 is 2.48 bits per heavy atom. The zero-order chi connectivity index (χ0) is 19.2. The SMILES string of the molecule is CC.CCN1c2ccccc2SC1/C=C/C=C1\C=CN(C)c2ccccc21. The maximum Gasteiger partial charge on any atom is 0.0985 e. The number of likely N-dealkylation sites (N-methyl/N-ethyl adjacent to an activating group) is 1. The first-order chi connectivity index (χ1) is 13.3. The third-order valence-corrected chi connectivity index (χ3v) is 5.95. The lowest BCUT2D eigenvalue weighted by molar-refractivity contribution is 0.878. The molecule has 1 unspecified atom stereocenters. The molecule has 2 nitrogen and oxygen atoms in total. The van der Waals surface area contributed by atoms with E-state index < -0.39 is 0 Å². The third kappa shape index (κ3) is 3.98. The minimum atomic E-state index is 0.365. The number of para-hydroxylation sites is 2. The van der Waals surface area contributed by atoms with E-state index >= 15 is 0 Å². The number of fused-ring (bicyclic) bond motifs is 2. The normalized spacial score (nSPS) is 19.1. The highest BCUT2D eigenvalue weighted by atomic mass is 32.2. The Kier molecular flexibility index (Phi) is 6.46. The van der Waals surface area contributed by atoms with Crippen LogP contribution in [0.15, 0.2) is 83.9 Å². The van der Waals surface area contributed by atoms with Gasteiger partial charge in [-0.25, -0.2) is 0 Å². The van der Waals surface area contributed by atoms with Gasteiger partial charge in [-0.05, 0) is 36.8 Å². The summed E-state index contributed by atoms with van der Waals surface area (Å²) < 4.78 is 0. The highest BCUT2D eigenvalue weighted by Gasteiger charge is 2.26. The maximum absolute atomic E-state index is 2.45. The molecule has 2 aromatic rings. The van der Waals surface area contributed by atoms with Gasteiger partial charge in [-0.15, -0.1) is 0 Å². The number of hydrogen-bond acceptors (Lipinski definition) is 3. The van der Waals surface area contributed by atoms with Crippen LogP contribution >= 0.6 is 11.8 Å². The van der Waals surface area contributed by atoms with Crippen LogP contribution in [0.2, 0.25) is 0 Å². The van der Waals surface area contributed by atoms with Gasteiger partial charge in [0.1, 0.15) is 0 Å². The molecule has 0 N–H and O–H groups in total. The number of benzene rings is 2. The van der Waals surface area contributed by atoms with E-state index in [4.69, 9.17) is 0 Å². The molecule has 2 aliphatic rings. The summed E-state index contributed by atoms with van der Waals surface area (Å²) in [6.07, 6.45) is 11.0. The van der Waals surface area contributed by atoms with E-state index in [1.165, 1.54) is 27.4 Å². The van der Waals surface area contributed by atoms with Gasteiger partial charge in [0.2, 0.25) is 0 Å². The van der Waals surface area contributed by atoms with Crippen LogP contribution in [-0.2, 0) is 0 Å². The van der Waals surface area contributed by atoms with Crippen molar-refractivity contribution in [1.82, 2.24) is 0 Å². The number of anilines is 2. The quantitative estimate of drug-likeness (QED) is 0.598. The fraction of sp³-hybridized carbons (Fsp3) is 0.250. The molecule has 2 aromatic carbocycles. The van der Waals surface area contributed by atoms with E-state index in [-0.39, 0.29) is 0 Å². The summed E-state index contributed by atoms with van der Waals surface area (Å²) in [5, 5.41) is 0.365. The van der Waals surface area contributed by atoms with Gasteiger partial charge in [0, 0.05) is 35.9 Å². The second-order valence-electron chi connectivity index (χ2n) is 6.21. The molecular formula is C24H28N2S. The lowest BCUT2D eigenvalue weighted by Crippen LogP contribution is -2.27. The summed E-state index contributed by atoms with van der Waals surface area (Å²) in [6.45, 7) is 7.24. The van der Waals surface area contributed by atoms with E-state index in [1.54, 1.807) is 0 Å². The van der Waals surface area contributed by atoms with Crippen LogP contribution in [0, 0.1) is 0 Å². The van der Waals surface area contributed by atoms with Crippen molar-refractivity contribution in [3.8, 4) is 0 Å². The molecule has 0 aliphatic carbocycles. The second-order valence-corrected chi connectivity index (χ2v) is 7.37. The predicted octanol–water partition coefficient (Wildman–Crippen LogP) is 6.57. The van der Waals surface area contributed by atoms with E-state index in [2.05, 4.69) is 103 Å². The van der Waals surface area contributed by atoms with Gasteiger partial charge in [-0.2, -0.15) is 0 Å². The van der Waals surface area contributed by atoms with E-state index in [1.807, 2.05) is 25.6 Å². The van der Waals surface area contributed by atoms with Gasteiger partial charge < -0.3 is 9.80 Å². The summed E-state index contributed by atoms with van der Waals surface area (Å²) in [5.74, 6) is 0. The zero-order valence-corrected chi connectivity index (χ0v) is 17.4. The molecule has 1 atom stereocenters. The summed E-state index contributed by atoms with van der Waals surface area (Å²) in [4.78, 5) is 5.99. The Balaban J connectivity index is 0.00000102. The van der Waals surface area contributed by atoms with Crippen LogP contribution in [0.25, 0.3) is 5.57 Å². The smallest absolute Gasteiger partial charge is 0.0985 e. The van der Waals surface area contributed by atoms with Crippen molar-refractivity contribution in [3.63, 3.8) is 0 Å². The van der Waals surface area contributed by atoms with Crippen LogP contribution in [0.3, 0.4) is 0 Å².